The first-order chi connectivity index (χ1) is 17.1. The lowest BCUT2D eigenvalue weighted by Crippen LogP contribution is -2.44. The molecule has 0 aromatic heterocycles. The second-order valence-electron chi connectivity index (χ2n) is 8.73. The van der Waals surface area contributed by atoms with Crippen LogP contribution in [0.25, 0.3) is 0 Å². The van der Waals surface area contributed by atoms with Gasteiger partial charge in [-0.1, -0.05) is 29.3 Å². The zero-order valence-corrected chi connectivity index (χ0v) is 22.5. The van der Waals surface area contributed by atoms with Crippen LogP contribution in [0.4, 0.5) is 5.69 Å². The third-order valence-electron chi connectivity index (χ3n) is 6.21. The molecule has 2 aromatic rings. The van der Waals surface area contributed by atoms with Crippen molar-refractivity contribution in [1.29, 1.82) is 0 Å². The number of nitrogens with one attached hydrogen (secondary N) is 1. The average molecular weight is 577 g/mol. The summed E-state index contributed by atoms with van der Waals surface area (Å²) in [5.74, 6) is -1.08. The molecule has 0 unspecified atom stereocenters. The quantitative estimate of drug-likeness (QED) is 0.542. The van der Waals surface area contributed by atoms with Gasteiger partial charge in [0.05, 0.1) is 39.8 Å². The number of sulfonamides is 2. The van der Waals surface area contributed by atoms with Crippen molar-refractivity contribution in [1.82, 2.24) is 8.61 Å². The van der Waals surface area contributed by atoms with Crippen molar-refractivity contribution in [2.24, 2.45) is 5.92 Å². The molecular weight excluding hydrogens is 549 g/mol. The van der Waals surface area contributed by atoms with E-state index < -0.39 is 26.0 Å². The van der Waals surface area contributed by atoms with Gasteiger partial charge in [-0.25, -0.2) is 21.1 Å². The van der Waals surface area contributed by atoms with Crippen LogP contribution in [0.15, 0.2) is 47.4 Å². The molecule has 4 rings (SSSR count). The number of anilines is 1. The number of halogens is 2. The predicted molar refractivity (Wildman–Crippen MR) is 138 cm³/mol. The Hall–Kier alpha value is -1.73. The molecule has 196 valence electrons. The van der Waals surface area contributed by atoms with E-state index >= 15 is 0 Å². The summed E-state index contributed by atoms with van der Waals surface area (Å²) < 4.78 is 59.4. The monoisotopic (exact) mass is 575 g/mol. The highest BCUT2D eigenvalue weighted by atomic mass is 35.5. The predicted octanol–water partition coefficient (Wildman–Crippen LogP) is 3.19. The van der Waals surface area contributed by atoms with Gasteiger partial charge in [-0.15, -0.1) is 0 Å². The molecule has 2 aliphatic rings. The largest absolute Gasteiger partial charge is 0.379 e. The molecule has 1 N–H and O–H groups in total. The van der Waals surface area contributed by atoms with Gasteiger partial charge in [0.2, 0.25) is 26.0 Å². The van der Waals surface area contributed by atoms with E-state index in [-0.39, 0.29) is 28.1 Å². The fourth-order valence-corrected chi connectivity index (χ4v) is 7.56. The van der Waals surface area contributed by atoms with Crippen LogP contribution in [0.3, 0.4) is 0 Å². The summed E-state index contributed by atoms with van der Waals surface area (Å²) in [6, 6.07) is 10.7. The summed E-state index contributed by atoms with van der Waals surface area (Å²) in [5.41, 5.74) is 0.958. The molecule has 0 saturated carbocycles. The van der Waals surface area contributed by atoms with Crippen molar-refractivity contribution in [2.75, 3.05) is 44.7 Å². The normalized spacial score (nSPS) is 20.2. The SMILES string of the molecule is O=C(Nc1ccc(S(=O)(=O)N2CCOCC2)cc1)[C@@H]1CCCN(S(=O)(=O)Cc2ccc(Cl)c(Cl)c2)C1. The number of ether oxygens (including phenoxy) is 1. The van der Waals surface area contributed by atoms with Gasteiger partial charge >= 0.3 is 0 Å². The lowest BCUT2D eigenvalue weighted by Gasteiger charge is -2.31. The van der Waals surface area contributed by atoms with Crippen LogP contribution < -0.4 is 5.32 Å². The Morgan fingerprint density at radius 3 is 2.31 bits per heavy atom. The standard InChI is InChI=1S/C23H27Cl2N3O6S2/c24-21-8-3-17(14-22(21)25)16-35(30,31)28-9-1-2-18(15-28)23(29)26-19-4-6-20(7-5-19)36(32,33)27-10-12-34-13-11-27/h3-8,14,18H,1-2,9-13,15-16H2,(H,26,29)/t18-/m1/s1. The van der Waals surface area contributed by atoms with E-state index in [1.54, 1.807) is 12.1 Å². The summed E-state index contributed by atoms with van der Waals surface area (Å²) >= 11 is 11.9. The minimum absolute atomic E-state index is 0.0684. The van der Waals surface area contributed by atoms with E-state index in [0.29, 0.717) is 62.0 Å². The van der Waals surface area contributed by atoms with Crippen LogP contribution >= 0.6 is 23.2 Å². The summed E-state index contributed by atoms with van der Waals surface area (Å²) in [6.07, 6.45) is 1.10. The minimum Gasteiger partial charge on any atom is -0.379 e. The molecule has 2 aliphatic heterocycles. The van der Waals surface area contributed by atoms with E-state index in [9.17, 15) is 21.6 Å². The smallest absolute Gasteiger partial charge is 0.243 e. The number of hydrogen-bond donors (Lipinski definition) is 1. The molecule has 1 atom stereocenters. The molecule has 9 nitrogen and oxygen atoms in total. The van der Waals surface area contributed by atoms with Crippen molar-refractivity contribution in [2.45, 2.75) is 23.5 Å². The van der Waals surface area contributed by atoms with E-state index in [2.05, 4.69) is 5.32 Å². The summed E-state index contributed by atoms with van der Waals surface area (Å²) in [5, 5.41) is 3.41. The third-order valence-corrected chi connectivity index (χ3v) is 10.7. The molecule has 0 aliphatic carbocycles. The number of hydrogen-bond acceptors (Lipinski definition) is 6. The van der Waals surface area contributed by atoms with Gasteiger partial charge < -0.3 is 10.1 Å². The first-order valence-electron chi connectivity index (χ1n) is 11.5. The van der Waals surface area contributed by atoms with Crippen molar-refractivity contribution in [3.05, 3.63) is 58.1 Å². The highest BCUT2D eigenvalue weighted by molar-refractivity contribution is 7.89. The molecule has 36 heavy (non-hydrogen) atoms. The maximum Gasteiger partial charge on any atom is 0.243 e. The zero-order chi connectivity index (χ0) is 25.9. The molecule has 0 spiro atoms. The van der Waals surface area contributed by atoms with E-state index in [1.165, 1.54) is 38.9 Å². The number of nitrogens with zero attached hydrogens (tertiary/aromatic N) is 2. The molecule has 2 heterocycles. The molecule has 2 fully saturated rings. The Bertz CT molecular complexity index is 1310. The lowest BCUT2D eigenvalue weighted by molar-refractivity contribution is -0.120. The van der Waals surface area contributed by atoms with Crippen molar-refractivity contribution in [3.63, 3.8) is 0 Å². The number of benzene rings is 2. The number of carbonyl (C=O) groups excluding carboxylic acids is 1. The number of morpholine rings is 1. The average Bonchev–Trinajstić information content (AvgIpc) is 2.87. The van der Waals surface area contributed by atoms with E-state index in [4.69, 9.17) is 27.9 Å². The Labute approximate surface area is 221 Å². The molecular formula is C23H27Cl2N3O6S2. The van der Waals surface area contributed by atoms with Crippen LogP contribution in [-0.4, -0.2) is 70.7 Å². The van der Waals surface area contributed by atoms with E-state index in [1.807, 2.05) is 0 Å². The number of carbonyl (C=O) groups is 1. The van der Waals surface area contributed by atoms with Crippen molar-refractivity contribution in [3.8, 4) is 0 Å². The highest BCUT2D eigenvalue weighted by Gasteiger charge is 2.33. The second kappa shape index (κ2) is 11.3. The van der Waals surface area contributed by atoms with E-state index in [0.717, 1.165) is 0 Å². The maximum atomic E-state index is 13.0. The zero-order valence-electron chi connectivity index (χ0n) is 19.4. The molecule has 0 radical (unpaired) electrons. The van der Waals surface area contributed by atoms with Crippen molar-refractivity contribution >= 4 is 54.8 Å². The van der Waals surface area contributed by atoms with Gasteiger partial charge in [0.1, 0.15) is 0 Å². The maximum absolute atomic E-state index is 13.0. The van der Waals surface area contributed by atoms with Crippen LogP contribution in [0.2, 0.25) is 10.0 Å². The minimum atomic E-state index is -3.67. The fourth-order valence-electron chi connectivity index (χ4n) is 4.23. The number of rotatable bonds is 7. The van der Waals surface area contributed by atoms with Gasteiger partial charge in [-0.3, -0.25) is 4.79 Å². The van der Waals surface area contributed by atoms with Gasteiger partial charge in [-0.05, 0) is 54.8 Å². The second-order valence-corrected chi connectivity index (χ2v) is 13.5. The van der Waals surface area contributed by atoms with Crippen LogP contribution in [0, 0.1) is 5.92 Å². The Kier molecular flexibility index (Phi) is 8.60. The third kappa shape index (κ3) is 6.39. The molecule has 2 saturated heterocycles. The molecule has 0 bridgehead atoms. The number of amides is 1. The summed E-state index contributed by atoms with van der Waals surface area (Å²) in [6.45, 7) is 1.71. The Morgan fingerprint density at radius 1 is 0.944 bits per heavy atom. The van der Waals surface area contributed by atoms with Gasteiger partial charge in [-0.2, -0.15) is 4.31 Å². The highest BCUT2D eigenvalue weighted by Crippen LogP contribution is 2.27. The Morgan fingerprint density at radius 2 is 1.64 bits per heavy atom. The topological polar surface area (TPSA) is 113 Å². The van der Waals surface area contributed by atoms with Crippen LogP contribution in [0.1, 0.15) is 18.4 Å². The Balaban J connectivity index is 1.38. The molecule has 13 heteroatoms. The van der Waals surface area contributed by atoms with Gasteiger partial charge in [0.15, 0.2) is 0 Å². The first kappa shape index (κ1) is 27.3. The molecule has 2 aromatic carbocycles. The fraction of sp³-hybridized carbons (Fsp3) is 0.435. The lowest BCUT2D eigenvalue weighted by atomic mass is 9.99. The van der Waals surface area contributed by atoms with Gasteiger partial charge in [0.25, 0.3) is 0 Å². The first-order valence-corrected chi connectivity index (χ1v) is 15.3. The number of piperidine rings is 1. The molecule has 1 amide bonds. The van der Waals surface area contributed by atoms with Crippen LogP contribution in [0.5, 0.6) is 0 Å². The van der Waals surface area contributed by atoms with Gasteiger partial charge in [0, 0.05) is 31.9 Å². The summed E-state index contributed by atoms with van der Waals surface area (Å²) in [4.78, 5) is 13.0. The summed E-state index contributed by atoms with van der Waals surface area (Å²) in [7, 11) is -7.30. The van der Waals surface area contributed by atoms with Crippen molar-refractivity contribution < 1.29 is 26.4 Å². The van der Waals surface area contributed by atoms with Crippen LogP contribution in [-0.2, 0) is 35.3 Å².